The molecule has 0 spiro atoms. The second-order valence-corrected chi connectivity index (χ2v) is 3.37. The summed E-state index contributed by atoms with van der Waals surface area (Å²) in [5, 5.41) is 0. The number of nitrogens with zero attached hydrogens (tertiary/aromatic N) is 1. The number of carbonyl (C=O) groups excluding carboxylic acids is 1. The number of H-pyrrole nitrogens is 1. The Kier molecular flexibility index (Phi) is 3.09. The molecule has 0 fully saturated rings. The van der Waals surface area contributed by atoms with Crippen molar-refractivity contribution >= 4 is 6.29 Å². The molecule has 2 rings (SSSR count). The number of aromatic nitrogens is 2. The van der Waals surface area contributed by atoms with Crippen LogP contribution in [-0.4, -0.2) is 30.5 Å². The number of aromatic amines is 1. The van der Waals surface area contributed by atoms with E-state index in [1.54, 1.807) is 26.5 Å². The maximum absolute atomic E-state index is 10.6. The molecule has 1 N–H and O–H groups in total. The number of ether oxygens (including phenoxy) is 2. The van der Waals surface area contributed by atoms with Gasteiger partial charge in [-0.25, -0.2) is 4.98 Å². The quantitative estimate of drug-likeness (QED) is 0.818. The van der Waals surface area contributed by atoms with Crippen molar-refractivity contribution in [2.75, 3.05) is 14.2 Å². The lowest BCUT2D eigenvalue weighted by atomic mass is 10.1. The summed E-state index contributed by atoms with van der Waals surface area (Å²) >= 11 is 0. The minimum atomic E-state index is 0.290. The van der Waals surface area contributed by atoms with E-state index in [9.17, 15) is 4.79 Å². The highest BCUT2D eigenvalue weighted by molar-refractivity contribution is 5.74. The summed E-state index contributed by atoms with van der Waals surface area (Å²) in [5.41, 5.74) is 1.56. The molecule has 88 valence electrons. The third-order valence-electron chi connectivity index (χ3n) is 2.41. The standard InChI is InChI=1S/C12H12N2O3/c1-16-8-3-4-9(11(5-8)17-2)10-6-13-12(7-15)14-10/h3-7H,1-2H3,(H,13,14). The Morgan fingerprint density at radius 2 is 2.12 bits per heavy atom. The summed E-state index contributed by atoms with van der Waals surface area (Å²) in [4.78, 5) is 17.4. The summed E-state index contributed by atoms with van der Waals surface area (Å²) in [6.07, 6.45) is 2.26. The summed E-state index contributed by atoms with van der Waals surface area (Å²) < 4.78 is 10.4. The molecule has 0 bridgehead atoms. The summed E-state index contributed by atoms with van der Waals surface area (Å²) in [6, 6.07) is 5.44. The average molecular weight is 232 g/mol. The van der Waals surface area contributed by atoms with Crippen molar-refractivity contribution in [3.8, 4) is 22.8 Å². The van der Waals surface area contributed by atoms with Crippen LogP contribution in [0.1, 0.15) is 10.6 Å². The van der Waals surface area contributed by atoms with E-state index >= 15 is 0 Å². The van der Waals surface area contributed by atoms with Gasteiger partial charge in [0.15, 0.2) is 12.1 Å². The molecule has 17 heavy (non-hydrogen) atoms. The van der Waals surface area contributed by atoms with E-state index in [4.69, 9.17) is 9.47 Å². The van der Waals surface area contributed by atoms with Crippen LogP contribution >= 0.6 is 0 Å². The third kappa shape index (κ3) is 2.13. The SMILES string of the molecule is COc1ccc(-c2cnc(C=O)[nH]2)c(OC)c1. The fourth-order valence-corrected chi connectivity index (χ4v) is 1.55. The molecule has 0 aliphatic heterocycles. The third-order valence-corrected chi connectivity index (χ3v) is 2.41. The molecule has 2 aromatic rings. The van der Waals surface area contributed by atoms with E-state index < -0.39 is 0 Å². The van der Waals surface area contributed by atoms with Gasteiger partial charge >= 0.3 is 0 Å². The first-order valence-corrected chi connectivity index (χ1v) is 5.01. The number of benzene rings is 1. The highest BCUT2D eigenvalue weighted by Gasteiger charge is 2.09. The molecular weight excluding hydrogens is 220 g/mol. The van der Waals surface area contributed by atoms with Crippen LogP contribution in [-0.2, 0) is 0 Å². The summed E-state index contributed by atoms with van der Waals surface area (Å²) in [5.74, 6) is 1.66. The van der Waals surface area contributed by atoms with E-state index in [0.29, 0.717) is 17.8 Å². The fourth-order valence-electron chi connectivity index (χ4n) is 1.55. The molecule has 1 aromatic heterocycles. The van der Waals surface area contributed by atoms with Gasteiger partial charge in [0.1, 0.15) is 11.5 Å². The van der Waals surface area contributed by atoms with Crippen LogP contribution in [0.25, 0.3) is 11.3 Å². The van der Waals surface area contributed by atoms with Crippen LogP contribution in [0.3, 0.4) is 0 Å². The Hall–Kier alpha value is -2.30. The molecule has 0 saturated heterocycles. The number of carbonyl (C=O) groups is 1. The first-order chi connectivity index (χ1) is 8.28. The Labute approximate surface area is 98.4 Å². The molecule has 1 aromatic carbocycles. The lowest BCUT2D eigenvalue weighted by Gasteiger charge is -2.08. The molecule has 1 heterocycles. The highest BCUT2D eigenvalue weighted by Crippen LogP contribution is 2.31. The molecule has 5 heteroatoms. The van der Waals surface area contributed by atoms with Crippen molar-refractivity contribution in [3.63, 3.8) is 0 Å². The zero-order valence-corrected chi connectivity index (χ0v) is 9.56. The molecule has 0 radical (unpaired) electrons. The predicted octanol–water partition coefficient (Wildman–Crippen LogP) is 1.91. The predicted molar refractivity (Wildman–Crippen MR) is 62.5 cm³/mol. The number of hydrogen-bond acceptors (Lipinski definition) is 4. The molecule has 0 aliphatic rings. The van der Waals surface area contributed by atoms with Crippen molar-refractivity contribution in [1.29, 1.82) is 0 Å². The van der Waals surface area contributed by atoms with E-state index in [0.717, 1.165) is 11.3 Å². The molecule has 0 amide bonds. The molecule has 0 atom stereocenters. The van der Waals surface area contributed by atoms with Crippen LogP contribution in [0.4, 0.5) is 0 Å². The lowest BCUT2D eigenvalue weighted by molar-refractivity contribution is 0.111. The number of nitrogens with one attached hydrogen (secondary N) is 1. The Bertz CT molecular complexity index is 534. The van der Waals surface area contributed by atoms with Crippen LogP contribution in [0.2, 0.25) is 0 Å². The van der Waals surface area contributed by atoms with Gasteiger partial charge in [-0.15, -0.1) is 0 Å². The first kappa shape index (κ1) is 11.2. The van der Waals surface area contributed by atoms with E-state index in [-0.39, 0.29) is 5.82 Å². The minimum Gasteiger partial charge on any atom is -0.497 e. The monoisotopic (exact) mass is 232 g/mol. The van der Waals surface area contributed by atoms with Crippen LogP contribution in [0, 0.1) is 0 Å². The topological polar surface area (TPSA) is 64.2 Å². The molecule has 0 saturated carbocycles. The van der Waals surface area contributed by atoms with Crippen molar-refractivity contribution in [2.45, 2.75) is 0 Å². The minimum absolute atomic E-state index is 0.290. The highest BCUT2D eigenvalue weighted by atomic mass is 16.5. The van der Waals surface area contributed by atoms with Crippen LogP contribution < -0.4 is 9.47 Å². The number of aldehydes is 1. The maximum Gasteiger partial charge on any atom is 0.185 e. The average Bonchev–Trinajstić information content (AvgIpc) is 2.86. The van der Waals surface area contributed by atoms with Crippen molar-refractivity contribution in [3.05, 3.63) is 30.2 Å². The maximum atomic E-state index is 10.6. The first-order valence-electron chi connectivity index (χ1n) is 5.01. The summed E-state index contributed by atoms with van der Waals surface area (Å²) in [6.45, 7) is 0. The van der Waals surface area contributed by atoms with Gasteiger partial charge in [-0.1, -0.05) is 0 Å². The molecule has 0 aliphatic carbocycles. The van der Waals surface area contributed by atoms with Gasteiger partial charge in [0.2, 0.25) is 0 Å². The lowest BCUT2D eigenvalue weighted by Crippen LogP contribution is -1.90. The molecular formula is C12H12N2O3. The second kappa shape index (κ2) is 4.69. The van der Waals surface area contributed by atoms with Gasteiger partial charge in [0.25, 0.3) is 0 Å². The van der Waals surface area contributed by atoms with Gasteiger partial charge in [-0.3, -0.25) is 4.79 Å². The molecule has 0 unspecified atom stereocenters. The smallest absolute Gasteiger partial charge is 0.185 e. The van der Waals surface area contributed by atoms with Gasteiger partial charge in [-0.05, 0) is 12.1 Å². The zero-order valence-electron chi connectivity index (χ0n) is 9.56. The zero-order chi connectivity index (χ0) is 12.3. The number of rotatable bonds is 4. The summed E-state index contributed by atoms with van der Waals surface area (Å²) in [7, 11) is 3.17. The normalized spacial score (nSPS) is 10.0. The van der Waals surface area contributed by atoms with Gasteiger partial charge in [0.05, 0.1) is 26.1 Å². The van der Waals surface area contributed by atoms with Crippen LogP contribution in [0.5, 0.6) is 11.5 Å². The Balaban J connectivity index is 2.46. The van der Waals surface area contributed by atoms with Crippen molar-refractivity contribution < 1.29 is 14.3 Å². The second-order valence-electron chi connectivity index (χ2n) is 3.37. The number of hydrogen-bond donors (Lipinski definition) is 1. The molecule has 5 nitrogen and oxygen atoms in total. The number of methoxy groups -OCH3 is 2. The van der Waals surface area contributed by atoms with Crippen molar-refractivity contribution in [1.82, 2.24) is 9.97 Å². The largest absolute Gasteiger partial charge is 0.497 e. The van der Waals surface area contributed by atoms with Gasteiger partial charge in [-0.2, -0.15) is 0 Å². The number of imidazole rings is 1. The Morgan fingerprint density at radius 3 is 2.71 bits per heavy atom. The Morgan fingerprint density at radius 1 is 1.29 bits per heavy atom. The van der Waals surface area contributed by atoms with Crippen LogP contribution in [0.15, 0.2) is 24.4 Å². The fraction of sp³-hybridized carbons (Fsp3) is 0.167. The van der Waals surface area contributed by atoms with Gasteiger partial charge in [0, 0.05) is 11.6 Å². The van der Waals surface area contributed by atoms with E-state index in [1.807, 2.05) is 12.1 Å². The van der Waals surface area contributed by atoms with Gasteiger partial charge < -0.3 is 14.5 Å². The van der Waals surface area contributed by atoms with E-state index in [1.165, 1.54) is 0 Å². The van der Waals surface area contributed by atoms with Crippen molar-refractivity contribution in [2.24, 2.45) is 0 Å². The van der Waals surface area contributed by atoms with E-state index in [2.05, 4.69) is 9.97 Å².